The summed E-state index contributed by atoms with van der Waals surface area (Å²) in [6, 6.07) is 47.5. The van der Waals surface area contributed by atoms with E-state index in [9.17, 15) is 0 Å². The van der Waals surface area contributed by atoms with Gasteiger partial charge in [0.05, 0.1) is 22.9 Å². The highest BCUT2D eigenvalue weighted by Gasteiger charge is 2.25. The number of para-hydroxylation sites is 2. The number of pyridine rings is 1. The molecule has 0 N–H and O–H groups in total. The molecule has 0 aliphatic heterocycles. The number of benzene rings is 6. The molecule has 0 atom stereocenters. The van der Waals surface area contributed by atoms with Crippen LogP contribution in [0.2, 0.25) is 0 Å². The van der Waals surface area contributed by atoms with Crippen LogP contribution in [0.25, 0.3) is 93.3 Å². The summed E-state index contributed by atoms with van der Waals surface area (Å²) in [6.07, 6.45) is 9.05. The molecule has 0 bridgehead atoms. The van der Waals surface area contributed by atoms with Gasteiger partial charge in [0.1, 0.15) is 16.5 Å². The van der Waals surface area contributed by atoms with Gasteiger partial charge in [0.25, 0.3) is 0 Å². The van der Waals surface area contributed by atoms with Crippen molar-refractivity contribution in [2.75, 3.05) is 0 Å². The summed E-state index contributed by atoms with van der Waals surface area (Å²) in [7, 11) is 0. The van der Waals surface area contributed by atoms with E-state index in [2.05, 4.69) is 135 Å². The van der Waals surface area contributed by atoms with Gasteiger partial charge >= 0.3 is 0 Å². The third-order valence-electron chi connectivity index (χ3n) is 10.9. The van der Waals surface area contributed by atoms with Crippen LogP contribution in [0.4, 0.5) is 0 Å². The maximum absolute atomic E-state index is 5.36. The number of hydrogen-bond acceptors (Lipinski definition) is 5. The second-order valence-corrected chi connectivity index (χ2v) is 13.7. The average molecular weight is 690 g/mol. The van der Waals surface area contributed by atoms with Crippen LogP contribution in [0.15, 0.2) is 164 Å². The van der Waals surface area contributed by atoms with Crippen LogP contribution < -0.4 is 5.48 Å². The molecular formula is C47H27N7. The molecule has 0 amide bonds. The number of hydrogen-bond donors (Lipinski definition) is 0. The quantitative estimate of drug-likeness (QED) is 0.185. The van der Waals surface area contributed by atoms with Gasteiger partial charge in [0, 0.05) is 57.5 Å². The standard InChI is InChI=1S/C47H27N7/c1-3-13-31-28(9-1)11-5-15-33(31)40(34-16-6-12-29-10-2-4-14-32(29)34)47-53-43-35(17-7-19-37(43)41-45(53)50-26-25-49-41)36-18-8-20-38-42-46(54(47)44(36)38)51-27-39(52-42)30-21-23-48-24-22-30/h1-27H. The van der Waals surface area contributed by atoms with Crippen molar-refractivity contribution in [1.29, 1.82) is 0 Å². The summed E-state index contributed by atoms with van der Waals surface area (Å²) in [5, 5.41) is 8.89. The average Bonchev–Trinajstić information content (AvgIpc) is 3.71. The van der Waals surface area contributed by atoms with Gasteiger partial charge in [-0.2, -0.15) is 0 Å². The monoisotopic (exact) mass is 689 g/mol. The van der Waals surface area contributed by atoms with Crippen LogP contribution in [-0.4, -0.2) is 33.7 Å². The molecule has 0 fully saturated rings. The van der Waals surface area contributed by atoms with E-state index in [1.54, 1.807) is 24.8 Å². The molecular weight excluding hydrogens is 663 g/mol. The minimum Gasteiger partial charge on any atom is -0.276 e. The molecule has 250 valence electrons. The molecule has 6 heterocycles. The first-order valence-electron chi connectivity index (χ1n) is 18.0. The van der Waals surface area contributed by atoms with Gasteiger partial charge in [-0.15, -0.1) is 0 Å². The topological polar surface area (TPSA) is 73.3 Å². The Morgan fingerprint density at radius 3 is 1.61 bits per heavy atom. The molecule has 12 aromatic rings. The maximum Gasteiger partial charge on any atom is 0.165 e. The minimum absolute atomic E-state index is 0.759. The Morgan fingerprint density at radius 1 is 0.426 bits per heavy atom. The van der Waals surface area contributed by atoms with Gasteiger partial charge in [-0.25, -0.2) is 15.0 Å². The van der Waals surface area contributed by atoms with Gasteiger partial charge in [-0.3, -0.25) is 18.8 Å². The number of aromatic nitrogens is 7. The molecule has 54 heavy (non-hydrogen) atoms. The van der Waals surface area contributed by atoms with E-state index >= 15 is 0 Å². The van der Waals surface area contributed by atoms with Gasteiger partial charge in [-0.1, -0.05) is 121 Å². The Morgan fingerprint density at radius 2 is 0.944 bits per heavy atom. The fourth-order valence-corrected chi connectivity index (χ4v) is 8.68. The summed E-state index contributed by atoms with van der Waals surface area (Å²) in [4.78, 5) is 25.0. The Labute approximate surface area is 307 Å². The molecule has 6 aromatic heterocycles. The maximum atomic E-state index is 5.36. The van der Waals surface area contributed by atoms with Crippen molar-refractivity contribution in [3.63, 3.8) is 0 Å². The first kappa shape index (κ1) is 29.1. The highest BCUT2D eigenvalue weighted by molar-refractivity contribution is 6.22. The molecule has 7 nitrogen and oxygen atoms in total. The summed E-state index contributed by atoms with van der Waals surface area (Å²) in [5.41, 5.74) is 11.2. The molecule has 0 saturated carbocycles. The van der Waals surface area contributed by atoms with E-state index in [-0.39, 0.29) is 0 Å². The summed E-state index contributed by atoms with van der Waals surface area (Å²) >= 11 is 0. The van der Waals surface area contributed by atoms with Crippen LogP contribution in [0.3, 0.4) is 0 Å². The van der Waals surface area contributed by atoms with E-state index in [4.69, 9.17) is 19.9 Å². The van der Waals surface area contributed by atoms with Crippen LogP contribution in [0, 0.1) is 0 Å². The first-order valence-corrected chi connectivity index (χ1v) is 18.0. The van der Waals surface area contributed by atoms with Crippen LogP contribution in [0.1, 0.15) is 11.1 Å². The molecule has 12 rings (SSSR count). The highest BCUT2D eigenvalue weighted by Crippen LogP contribution is 2.39. The minimum atomic E-state index is 0.759. The predicted molar refractivity (Wildman–Crippen MR) is 218 cm³/mol. The third-order valence-corrected chi connectivity index (χ3v) is 10.9. The zero-order valence-electron chi connectivity index (χ0n) is 28.7. The lowest BCUT2D eigenvalue weighted by molar-refractivity contribution is 0.999. The van der Waals surface area contributed by atoms with Crippen molar-refractivity contribution in [3.8, 4) is 11.3 Å². The molecule has 7 heteroatoms. The van der Waals surface area contributed by atoms with Crippen molar-refractivity contribution in [2.45, 2.75) is 0 Å². The second-order valence-electron chi connectivity index (χ2n) is 13.7. The second kappa shape index (κ2) is 11.0. The Bertz CT molecular complexity index is 3470. The molecule has 0 radical (unpaired) electrons. The van der Waals surface area contributed by atoms with E-state index in [0.717, 1.165) is 110 Å². The van der Waals surface area contributed by atoms with Crippen molar-refractivity contribution >= 4 is 82.0 Å². The number of rotatable bonds is 3. The van der Waals surface area contributed by atoms with E-state index in [1.165, 1.54) is 0 Å². The van der Waals surface area contributed by atoms with E-state index < -0.39 is 0 Å². The third kappa shape index (κ3) is 3.92. The van der Waals surface area contributed by atoms with Crippen LogP contribution in [-0.2, 0) is 0 Å². The highest BCUT2D eigenvalue weighted by atomic mass is 15.1. The first-order chi connectivity index (χ1) is 26.8. The van der Waals surface area contributed by atoms with Crippen molar-refractivity contribution in [1.82, 2.24) is 33.7 Å². The van der Waals surface area contributed by atoms with Gasteiger partial charge in [0.2, 0.25) is 0 Å². The van der Waals surface area contributed by atoms with Crippen molar-refractivity contribution in [2.24, 2.45) is 0 Å². The predicted octanol–water partition coefficient (Wildman–Crippen LogP) is 9.72. The van der Waals surface area contributed by atoms with Crippen LogP contribution >= 0.6 is 0 Å². The Balaban J connectivity index is 1.48. The lowest BCUT2D eigenvalue weighted by atomic mass is 9.90. The number of nitrogens with zero attached hydrogens (tertiary/aromatic N) is 7. The van der Waals surface area contributed by atoms with Crippen molar-refractivity contribution < 1.29 is 0 Å². The SMILES string of the molecule is c1ccc2c(C(c3cccc4ccccc34)=c3n4c5nccnc5c5cccc(c6cccc7c8nc(-c9ccncc9)cnc8n3c67)c54)cccc2c1. The van der Waals surface area contributed by atoms with Gasteiger partial charge < -0.3 is 0 Å². The van der Waals surface area contributed by atoms with E-state index in [0.29, 0.717) is 0 Å². The Hall–Kier alpha value is -7.51. The number of fused-ring (bicyclic) bond motifs is 9. The summed E-state index contributed by atoms with van der Waals surface area (Å²) in [5.74, 6) is 0. The Kier molecular flexibility index (Phi) is 5.93. The normalized spacial score (nSPS) is 12.1. The molecule has 0 spiro atoms. The zero-order valence-corrected chi connectivity index (χ0v) is 28.7. The molecule has 0 saturated heterocycles. The molecule has 0 aliphatic carbocycles. The van der Waals surface area contributed by atoms with Crippen molar-refractivity contribution in [3.05, 3.63) is 181 Å². The smallest absolute Gasteiger partial charge is 0.165 e. The fourth-order valence-electron chi connectivity index (χ4n) is 8.68. The fraction of sp³-hybridized carbons (Fsp3) is 0. The summed E-state index contributed by atoms with van der Waals surface area (Å²) < 4.78 is 4.68. The zero-order chi connectivity index (χ0) is 35.3. The van der Waals surface area contributed by atoms with Gasteiger partial charge in [0.15, 0.2) is 11.3 Å². The molecule has 0 aliphatic rings. The van der Waals surface area contributed by atoms with E-state index in [1.807, 2.05) is 18.3 Å². The lowest BCUT2D eigenvalue weighted by Gasteiger charge is -2.16. The molecule has 0 unspecified atom stereocenters. The lowest BCUT2D eigenvalue weighted by Crippen LogP contribution is -2.25. The summed E-state index contributed by atoms with van der Waals surface area (Å²) in [6.45, 7) is 0. The molecule has 6 aromatic carbocycles. The van der Waals surface area contributed by atoms with Crippen LogP contribution in [0.5, 0.6) is 0 Å². The largest absolute Gasteiger partial charge is 0.276 e. The van der Waals surface area contributed by atoms with Gasteiger partial charge in [-0.05, 0) is 44.8 Å².